The first-order valence-corrected chi connectivity index (χ1v) is 9.43. The van der Waals surface area contributed by atoms with Crippen LogP contribution in [0.1, 0.15) is 40.3 Å². The first-order valence-electron chi connectivity index (χ1n) is 9.43. The molecule has 2 amide bonds. The van der Waals surface area contributed by atoms with E-state index in [-0.39, 0.29) is 18.0 Å². The highest BCUT2D eigenvalue weighted by molar-refractivity contribution is 5.88. The van der Waals surface area contributed by atoms with Crippen molar-refractivity contribution in [2.24, 2.45) is 0 Å². The van der Waals surface area contributed by atoms with Crippen molar-refractivity contribution >= 4 is 29.3 Å². The first kappa shape index (κ1) is 19.9. The van der Waals surface area contributed by atoms with Crippen molar-refractivity contribution in [3.05, 3.63) is 17.8 Å². The van der Waals surface area contributed by atoms with E-state index in [0.29, 0.717) is 31.1 Å². The van der Waals surface area contributed by atoms with Gasteiger partial charge in [-0.2, -0.15) is 9.61 Å². The Morgan fingerprint density at radius 3 is 2.57 bits per heavy atom. The monoisotopic (exact) mass is 388 g/mol. The third kappa shape index (κ3) is 4.35. The number of carbonyl (C=O) groups excluding carboxylic acids is 2. The van der Waals surface area contributed by atoms with Gasteiger partial charge in [-0.3, -0.25) is 4.79 Å². The van der Waals surface area contributed by atoms with Gasteiger partial charge in [0.1, 0.15) is 17.2 Å². The van der Waals surface area contributed by atoms with Crippen LogP contribution in [0.15, 0.2) is 12.1 Å². The summed E-state index contributed by atoms with van der Waals surface area (Å²) in [5, 5.41) is 7.29. The number of nitrogens with one attached hydrogen (secondary N) is 1. The largest absolute Gasteiger partial charge is 0.444 e. The second-order valence-electron chi connectivity index (χ2n) is 8.21. The summed E-state index contributed by atoms with van der Waals surface area (Å²) in [5.74, 6) is 1.14. The SMILES string of the molecule is CC(=O)Nc1cc(N2CCN(C(=O)OC(C)(C)C)C[C@@H]2C)n2nc(C)cc2n1. The summed E-state index contributed by atoms with van der Waals surface area (Å²) in [6, 6.07) is 3.73. The van der Waals surface area contributed by atoms with Gasteiger partial charge in [0.15, 0.2) is 5.65 Å². The maximum absolute atomic E-state index is 12.4. The van der Waals surface area contributed by atoms with Gasteiger partial charge in [0.05, 0.1) is 5.69 Å². The van der Waals surface area contributed by atoms with E-state index in [4.69, 9.17) is 4.74 Å². The Hall–Kier alpha value is -2.84. The van der Waals surface area contributed by atoms with Gasteiger partial charge in [-0.15, -0.1) is 0 Å². The highest BCUT2D eigenvalue weighted by Crippen LogP contribution is 2.25. The number of fused-ring (bicyclic) bond motifs is 1. The molecule has 1 N–H and O–H groups in total. The maximum atomic E-state index is 12.4. The Labute approximate surface area is 164 Å². The number of aryl methyl sites for hydroxylation is 1. The number of nitrogens with zero attached hydrogens (tertiary/aromatic N) is 5. The van der Waals surface area contributed by atoms with E-state index < -0.39 is 5.60 Å². The van der Waals surface area contributed by atoms with Crippen molar-refractivity contribution in [3.63, 3.8) is 0 Å². The molecule has 2 aromatic rings. The molecule has 2 aromatic heterocycles. The maximum Gasteiger partial charge on any atom is 0.410 e. The minimum Gasteiger partial charge on any atom is -0.444 e. The van der Waals surface area contributed by atoms with Gasteiger partial charge in [0.2, 0.25) is 5.91 Å². The van der Waals surface area contributed by atoms with E-state index in [9.17, 15) is 9.59 Å². The van der Waals surface area contributed by atoms with Gasteiger partial charge in [0, 0.05) is 44.7 Å². The lowest BCUT2D eigenvalue weighted by Gasteiger charge is -2.41. The first-order chi connectivity index (χ1) is 13.0. The quantitative estimate of drug-likeness (QED) is 0.850. The van der Waals surface area contributed by atoms with Crippen molar-refractivity contribution in [1.82, 2.24) is 19.5 Å². The zero-order valence-electron chi connectivity index (χ0n) is 17.3. The van der Waals surface area contributed by atoms with Gasteiger partial charge >= 0.3 is 6.09 Å². The number of aromatic nitrogens is 3. The van der Waals surface area contributed by atoms with Crippen molar-refractivity contribution in [1.29, 1.82) is 0 Å². The summed E-state index contributed by atoms with van der Waals surface area (Å²) in [6.07, 6.45) is -0.298. The van der Waals surface area contributed by atoms with Crippen LogP contribution in [0, 0.1) is 6.92 Å². The fourth-order valence-electron chi connectivity index (χ4n) is 3.31. The molecule has 0 aromatic carbocycles. The van der Waals surface area contributed by atoms with E-state index >= 15 is 0 Å². The number of rotatable bonds is 2. The van der Waals surface area contributed by atoms with Crippen LogP contribution >= 0.6 is 0 Å². The zero-order chi connectivity index (χ0) is 20.6. The highest BCUT2D eigenvalue weighted by atomic mass is 16.6. The summed E-state index contributed by atoms with van der Waals surface area (Å²) in [7, 11) is 0. The summed E-state index contributed by atoms with van der Waals surface area (Å²) < 4.78 is 7.27. The summed E-state index contributed by atoms with van der Waals surface area (Å²) >= 11 is 0. The molecule has 0 spiro atoms. The van der Waals surface area contributed by atoms with Crippen LogP contribution in [-0.2, 0) is 9.53 Å². The average molecular weight is 388 g/mol. The van der Waals surface area contributed by atoms with E-state index in [0.717, 1.165) is 11.5 Å². The van der Waals surface area contributed by atoms with Crippen LogP contribution in [0.5, 0.6) is 0 Å². The number of carbonyl (C=O) groups is 2. The molecule has 3 heterocycles. The Balaban J connectivity index is 1.86. The molecule has 0 unspecified atom stereocenters. The minimum atomic E-state index is -0.519. The number of amides is 2. The average Bonchev–Trinajstić information content (AvgIpc) is 2.92. The molecule has 9 nitrogen and oxygen atoms in total. The Kier molecular flexibility index (Phi) is 5.18. The number of hydrogen-bond acceptors (Lipinski definition) is 6. The Bertz CT molecular complexity index is 901. The molecule has 0 bridgehead atoms. The summed E-state index contributed by atoms with van der Waals surface area (Å²) in [5.41, 5.74) is 0.989. The van der Waals surface area contributed by atoms with Gasteiger partial charge in [-0.1, -0.05) is 0 Å². The molecule has 3 rings (SSSR count). The van der Waals surface area contributed by atoms with E-state index in [2.05, 4.69) is 27.2 Å². The lowest BCUT2D eigenvalue weighted by Crippen LogP contribution is -2.55. The molecular formula is C19H28N6O3. The summed E-state index contributed by atoms with van der Waals surface area (Å²) in [4.78, 5) is 32.3. The van der Waals surface area contributed by atoms with Crippen molar-refractivity contribution in [2.45, 2.75) is 53.2 Å². The molecule has 152 valence electrons. The lowest BCUT2D eigenvalue weighted by atomic mass is 10.2. The number of piperazine rings is 1. The molecule has 1 atom stereocenters. The Morgan fingerprint density at radius 2 is 1.96 bits per heavy atom. The van der Waals surface area contributed by atoms with Crippen LogP contribution in [0.2, 0.25) is 0 Å². The molecule has 1 saturated heterocycles. The lowest BCUT2D eigenvalue weighted by molar-refractivity contribution is -0.114. The second-order valence-corrected chi connectivity index (χ2v) is 8.21. The van der Waals surface area contributed by atoms with Gasteiger partial charge in [-0.25, -0.2) is 9.78 Å². The molecule has 0 aliphatic carbocycles. The van der Waals surface area contributed by atoms with Crippen LogP contribution in [-0.4, -0.2) is 62.8 Å². The molecule has 1 aliphatic heterocycles. The van der Waals surface area contributed by atoms with Crippen molar-refractivity contribution in [2.75, 3.05) is 29.9 Å². The number of ether oxygens (including phenoxy) is 1. The summed E-state index contributed by atoms with van der Waals surface area (Å²) in [6.45, 7) is 12.7. The number of anilines is 2. The standard InChI is InChI=1S/C19H28N6O3/c1-12-9-16-21-15(20-14(3)26)10-17(25(16)22-12)24-8-7-23(11-13(24)2)18(27)28-19(4,5)6/h9-10,13H,7-8,11H2,1-6H3,(H,20,21,26)/t13-/m0/s1. The molecule has 28 heavy (non-hydrogen) atoms. The van der Waals surface area contributed by atoms with Crippen molar-refractivity contribution in [3.8, 4) is 0 Å². The molecule has 9 heteroatoms. The molecular weight excluding hydrogens is 360 g/mol. The van der Waals surface area contributed by atoms with Gasteiger partial charge in [-0.05, 0) is 34.6 Å². The third-order valence-corrected chi connectivity index (χ3v) is 4.41. The van der Waals surface area contributed by atoms with Gasteiger partial charge < -0.3 is 19.9 Å². The van der Waals surface area contributed by atoms with Crippen LogP contribution < -0.4 is 10.2 Å². The minimum absolute atomic E-state index is 0.0431. The topological polar surface area (TPSA) is 92.1 Å². The van der Waals surface area contributed by atoms with Crippen LogP contribution in [0.4, 0.5) is 16.4 Å². The second kappa shape index (κ2) is 7.29. The van der Waals surface area contributed by atoms with Crippen LogP contribution in [0.3, 0.4) is 0 Å². The molecule has 1 fully saturated rings. The van der Waals surface area contributed by atoms with Crippen molar-refractivity contribution < 1.29 is 14.3 Å². The molecule has 1 aliphatic rings. The fraction of sp³-hybridized carbons (Fsp3) is 0.579. The van der Waals surface area contributed by atoms with Gasteiger partial charge in [0.25, 0.3) is 0 Å². The zero-order valence-corrected chi connectivity index (χ0v) is 17.3. The fourth-order valence-corrected chi connectivity index (χ4v) is 3.31. The predicted octanol–water partition coefficient (Wildman–Crippen LogP) is 2.44. The van der Waals surface area contributed by atoms with E-state index in [1.54, 1.807) is 9.42 Å². The van der Waals surface area contributed by atoms with Crippen LogP contribution in [0.25, 0.3) is 5.65 Å². The smallest absolute Gasteiger partial charge is 0.410 e. The molecule has 0 radical (unpaired) electrons. The number of hydrogen-bond donors (Lipinski definition) is 1. The third-order valence-electron chi connectivity index (χ3n) is 4.41. The molecule has 0 saturated carbocycles. The normalized spacial score (nSPS) is 17.7. The predicted molar refractivity (Wildman–Crippen MR) is 107 cm³/mol. The van der Waals surface area contributed by atoms with E-state index in [1.165, 1.54) is 6.92 Å². The Morgan fingerprint density at radius 1 is 1.25 bits per heavy atom. The highest BCUT2D eigenvalue weighted by Gasteiger charge is 2.31. The van der Waals surface area contributed by atoms with E-state index in [1.807, 2.05) is 39.8 Å².